The number of hydrogen-bond donors (Lipinski definition) is 0. The molecule has 0 radical (unpaired) electrons. The molecular weight excluding hydrogens is 541 g/mol. The maximum atomic E-state index is 13.7. The van der Waals surface area contributed by atoms with E-state index in [1.165, 1.54) is 0 Å². The van der Waals surface area contributed by atoms with Crippen molar-refractivity contribution in [1.29, 1.82) is 0 Å². The van der Waals surface area contributed by atoms with Crippen LogP contribution < -0.4 is 9.80 Å². The van der Waals surface area contributed by atoms with E-state index in [9.17, 15) is 21.6 Å². The van der Waals surface area contributed by atoms with Gasteiger partial charge in [-0.1, -0.05) is 29.8 Å². The maximum Gasteiger partial charge on any atom is 0.283 e. The first kappa shape index (κ1) is 24.9. The molecule has 2 aliphatic rings. The van der Waals surface area contributed by atoms with Gasteiger partial charge in [0.25, 0.3) is 15.9 Å². The van der Waals surface area contributed by atoms with Crippen molar-refractivity contribution in [3.63, 3.8) is 0 Å². The maximum absolute atomic E-state index is 13.7. The summed E-state index contributed by atoms with van der Waals surface area (Å²) in [6, 6.07) is 9.44. The Balaban J connectivity index is 1.40. The molecule has 0 N–H and O–H groups in total. The number of rotatable bonds is 5. The summed E-state index contributed by atoms with van der Waals surface area (Å²) >= 11 is 6.59. The van der Waals surface area contributed by atoms with E-state index < -0.39 is 21.8 Å². The number of hydrogen-bond acceptors (Lipinski definition) is 7. The summed E-state index contributed by atoms with van der Waals surface area (Å²) in [5, 5.41) is 5.40. The molecule has 0 unspecified atom stereocenters. The van der Waals surface area contributed by atoms with E-state index in [4.69, 9.17) is 11.6 Å². The quantitative estimate of drug-likeness (QED) is 0.344. The first-order chi connectivity index (χ1) is 18.0. The summed E-state index contributed by atoms with van der Waals surface area (Å²) in [4.78, 5) is 12.1. The Hall–Kier alpha value is -3.38. The summed E-state index contributed by atoms with van der Waals surface area (Å²) < 4.78 is 68.9. The molecule has 1 aliphatic carbocycles. The third-order valence-corrected chi connectivity index (χ3v) is 9.03. The minimum Gasteiger partial charge on any atom is -0.345 e. The van der Waals surface area contributed by atoms with Gasteiger partial charge >= 0.3 is 0 Å². The summed E-state index contributed by atoms with van der Waals surface area (Å²) in [5.74, 6) is -2.75. The largest absolute Gasteiger partial charge is 0.345 e. The highest BCUT2D eigenvalue weighted by Crippen LogP contribution is 2.49. The molecule has 1 aliphatic heterocycles. The molecule has 13 heteroatoms. The highest BCUT2D eigenvalue weighted by Gasteiger charge is 2.53. The Bertz CT molecular complexity index is 1630. The van der Waals surface area contributed by atoms with Gasteiger partial charge in [0.05, 0.1) is 38.8 Å². The lowest BCUT2D eigenvalue weighted by Gasteiger charge is -2.42. The van der Waals surface area contributed by atoms with Crippen LogP contribution in [0.4, 0.5) is 24.9 Å². The standard InChI is InChI=1S/C25H22ClF3N6O2S/c1-24(28,29)16-5-7-18(8-6-16)38(36,37)35-20-4-2-3-19(26)21(20)22(32-35)34-12-11-33(15-25(34)9-10-25)23-30-13-17(27)14-31-23/h2-8,13-14H,9-12,15H2,1H3. The van der Waals surface area contributed by atoms with Crippen LogP contribution in [-0.2, 0) is 15.9 Å². The van der Waals surface area contributed by atoms with Gasteiger partial charge in [0, 0.05) is 32.1 Å². The predicted octanol–water partition coefficient (Wildman–Crippen LogP) is 4.83. The van der Waals surface area contributed by atoms with E-state index in [1.807, 2.05) is 4.90 Å². The van der Waals surface area contributed by atoms with E-state index in [0.29, 0.717) is 41.8 Å². The van der Waals surface area contributed by atoms with Crippen molar-refractivity contribution in [2.45, 2.75) is 36.1 Å². The molecule has 0 bridgehead atoms. The second kappa shape index (κ2) is 8.57. The number of halogens is 4. The number of benzene rings is 2. The first-order valence-corrected chi connectivity index (χ1v) is 13.7. The van der Waals surface area contributed by atoms with Gasteiger partial charge in [-0.15, -0.1) is 5.10 Å². The van der Waals surface area contributed by atoms with Crippen molar-refractivity contribution in [2.24, 2.45) is 0 Å². The van der Waals surface area contributed by atoms with Gasteiger partial charge in [-0.25, -0.2) is 23.1 Å². The molecule has 3 heterocycles. The van der Waals surface area contributed by atoms with Crippen LogP contribution in [0.1, 0.15) is 25.3 Å². The monoisotopic (exact) mass is 562 g/mol. The van der Waals surface area contributed by atoms with E-state index in [2.05, 4.69) is 20.0 Å². The Morgan fingerprint density at radius 2 is 1.71 bits per heavy atom. The molecule has 6 rings (SSSR count). The Kier molecular flexibility index (Phi) is 5.62. The lowest BCUT2D eigenvalue weighted by Crippen LogP contribution is -2.56. The van der Waals surface area contributed by atoms with Crippen molar-refractivity contribution >= 4 is 44.3 Å². The average Bonchev–Trinajstić information content (AvgIpc) is 3.52. The summed E-state index contributed by atoms with van der Waals surface area (Å²) in [6.45, 7) is 2.29. The first-order valence-electron chi connectivity index (χ1n) is 11.9. The summed E-state index contributed by atoms with van der Waals surface area (Å²) in [7, 11) is -4.23. The second-order valence-corrected chi connectivity index (χ2v) is 11.9. The number of piperazine rings is 1. The van der Waals surface area contributed by atoms with Gasteiger partial charge < -0.3 is 9.80 Å². The molecule has 2 aromatic heterocycles. The number of fused-ring (bicyclic) bond motifs is 1. The third kappa shape index (κ3) is 4.06. The average molecular weight is 563 g/mol. The van der Waals surface area contributed by atoms with Crippen LogP contribution in [0.3, 0.4) is 0 Å². The zero-order valence-corrected chi connectivity index (χ0v) is 21.7. The SMILES string of the molecule is CC(F)(F)c1ccc(S(=O)(=O)n2nc(N3CCN(c4ncc(F)cn4)CC34CC4)c3c(Cl)cccc32)cc1. The molecule has 0 amide bonds. The smallest absolute Gasteiger partial charge is 0.283 e. The fourth-order valence-corrected chi connectivity index (χ4v) is 6.52. The third-order valence-electron chi connectivity index (χ3n) is 7.12. The lowest BCUT2D eigenvalue weighted by atomic mass is 10.1. The van der Waals surface area contributed by atoms with Gasteiger partial charge in [0.2, 0.25) is 5.95 Å². The number of alkyl halides is 2. The van der Waals surface area contributed by atoms with E-state index in [-0.39, 0.29) is 21.5 Å². The van der Waals surface area contributed by atoms with E-state index >= 15 is 0 Å². The van der Waals surface area contributed by atoms with Crippen molar-refractivity contribution in [3.8, 4) is 0 Å². The molecule has 4 aromatic rings. The molecule has 1 saturated carbocycles. The summed E-state index contributed by atoms with van der Waals surface area (Å²) in [6.07, 6.45) is 3.93. The zero-order valence-electron chi connectivity index (χ0n) is 20.2. The fraction of sp³-hybridized carbons (Fsp3) is 0.320. The minimum absolute atomic E-state index is 0.166. The van der Waals surface area contributed by atoms with Crippen LogP contribution in [-0.4, -0.2) is 52.7 Å². The van der Waals surface area contributed by atoms with E-state index in [0.717, 1.165) is 60.5 Å². The van der Waals surface area contributed by atoms with Crippen LogP contribution in [0.25, 0.3) is 10.9 Å². The van der Waals surface area contributed by atoms with E-state index in [1.54, 1.807) is 18.2 Å². The highest BCUT2D eigenvalue weighted by molar-refractivity contribution is 7.90. The number of aromatic nitrogens is 4. The van der Waals surface area contributed by atoms with Crippen molar-refractivity contribution in [2.75, 3.05) is 29.4 Å². The van der Waals surface area contributed by atoms with Crippen molar-refractivity contribution in [3.05, 3.63) is 71.3 Å². The topological polar surface area (TPSA) is 84.2 Å². The number of nitrogens with zero attached hydrogens (tertiary/aromatic N) is 6. The molecule has 0 atom stereocenters. The second-order valence-electron chi connectivity index (χ2n) is 9.72. The lowest BCUT2D eigenvalue weighted by molar-refractivity contribution is 0.0174. The molecule has 38 heavy (non-hydrogen) atoms. The fourth-order valence-electron chi connectivity index (χ4n) is 4.99. The van der Waals surface area contributed by atoms with Crippen LogP contribution in [0, 0.1) is 5.82 Å². The molecule has 1 saturated heterocycles. The Morgan fingerprint density at radius 1 is 1.03 bits per heavy atom. The molecule has 1 spiro atoms. The van der Waals surface area contributed by atoms with Gasteiger partial charge in [-0.05, 0) is 37.1 Å². The Morgan fingerprint density at radius 3 is 2.34 bits per heavy atom. The van der Waals surface area contributed by atoms with Gasteiger partial charge in [0.15, 0.2) is 11.6 Å². The van der Waals surface area contributed by atoms with Gasteiger partial charge in [-0.2, -0.15) is 12.5 Å². The predicted molar refractivity (Wildman–Crippen MR) is 137 cm³/mol. The summed E-state index contributed by atoms with van der Waals surface area (Å²) in [5.41, 5.74) is -0.332. The molecule has 198 valence electrons. The van der Waals surface area contributed by atoms with Crippen LogP contribution in [0.5, 0.6) is 0 Å². The van der Waals surface area contributed by atoms with Gasteiger partial charge in [-0.3, -0.25) is 0 Å². The van der Waals surface area contributed by atoms with Crippen molar-refractivity contribution in [1.82, 2.24) is 19.2 Å². The number of anilines is 2. The molecule has 8 nitrogen and oxygen atoms in total. The molecule has 2 fully saturated rings. The normalized spacial score (nSPS) is 17.4. The minimum atomic E-state index is -4.23. The Labute approximate surface area is 221 Å². The highest BCUT2D eigenvalue weighted by atomic mass is 35.5. The molecule has 2 aromatic carbocycles. The van der Waals surface area contributed by atoms with Crippen molar-refractivity contribution < 1.29 is 21.6 Å². The van der Waals surface area contributed by atoms with Gasteiger partial charge in [0.1, 0.15) is 0 Å². The van der Waals surface area contributed by atoms with Crippen LogP contribution in [0.2, 0.25) is 5.02 Å². The zero-order chi connectivity index (χ0) is 26.9. The van der Waals surface area contributed by atoms with Crippen LogP contribution in [0.15, 0.2) is 59.8 Å². The van der Waals surface area contributed by atoms with Crippen LogP contribution >= 0.6 is 11.6 Å². The molecular formula is C25H22ClF3N6O2S.